The summed E-state index contributed by atoms with van der Waals surface area (Å²) in [5, 5.41) is 2.60. The third-order valence-corrected chi connectivity index (χ3v) is 5.86. The van der Waals surface area contributed by atoms with Gasteiger partial charge in [0.1, 0.15) is 0 Å². The first-order valence-electron chi connectivity index (χ1n) is 9.14. The molecule has 0 saturated carbocycles. The normalized spacial score (nSPS) is 14.3. The van der Waals surface area contributed by atoms with Gasteiger partial charge in [-0.25, -0.2) is 8.42 Å². The van der Waals surface area contributed by atoms with Crippen molar-refractivity contribution >= 4 is 33.2 Å². The Morgan fingerprint density at radius 2 is 1.72 bits per heavy atom. The van der Waals surface area contributed by atoms with Crippen molar-refractivity contribution in [3.8, 4) is 0 Å². The first-order chi connectivity index (χ1) is 13.8. The maximum Gasteiger partial charge on any atom is 0.261 e. The number of ether oxygens (including phenoxy) is 1. The van der Waals surface area contributed by atoms with Crippen molar-refractivity contribution < 1.29 is 22.7 Å². The number of nitrogens with one attached hydrogen (secondary N) is 2. The van der Waals surface area contributed by atoms with Crippen LogP contribution >= 0.6 is 0 Å². The summed E-state index contributed by atoms with van der Waals surface area (Å²) in [5.74, 6) is -0.467. The van der Waals surface area contributed by atoms with Gasteiger partial charge in [0.2, 0.25) is 5.91 Å². The van der Waals surface area contributed by atoms with Gasteiger partial charge in [-0.3, -0.25) is 14.3 Å². The molecule has 2 amide bonds. The average Bonchev–Trinajstić information content (AvgIpc) is 2.68. The Labute approximate surface area is 169 Å². The predicted octanol–water partition coefficient (Wildman–Crippen LogP) is 2.23. The van der Waals surface area contributed by atoms with Crippen LogP contribution in [0.25, 0.3) is 0 Å². The topological polar surface area (TPSA) is 105 Å². The van der Waals surface area contributed by atoms with E-state index in [4.69, 9.17) is 4.74 Å². The van der Waals surface area contributed by atoms with Crippen LogP contribution in [-0.2, 0) is 19.6 Å². The molecule has 2 aromatic carbocycles. The standard InChI is InChI=1S/C20H23N3O5S/c1-14-6-7-18(13-19(14)20(25)23-8-10-28-11-9-23)29(26,27)22-17-5-3-4-16(12-17)21-15(2)24/h3-7,12-13,22H,8-11H2,1-2H3,(H,21,24). The van der Waals surface area contributed by atoms with Crippen LogP contribution in [0.15, 0.2) is 47.4 Å². The maximum atomic E-state index is 12.9. The smallest absolute Gasteiger partial charge is 0.261 e. The highest BCUT2D eigenvalue weighted by molar-refractivity contribution is 7.92. The first-order valence-corrected chi connectivity index (χ1v) is 10.6. The molecule has 29 heavy (non-hydrogen) atoms. The molecule has 0 unspecified atom stereocenters. The van der Waals surface area contributed by atoms with E-state index in [9.17, 15) is 18.0 Å². The predicted molar refractivity (Wildman–Crippen MR) is 109 cm³/mol. The summed E-state index contributed by atoms with van der Waals surface area (Å²) >= 11 is 0. The summed E-state index contributed by atoms with van der Waals surface area (Å²) in [4.78, 5) is 25.7. The highest BCUT2D eigenvalue weighted by atomic mass is 32.2. The third-order valence-electron chi connectivity index (χ3n) is 4.48. The van der Waals surface area contributed by atoms with Gasteiger partial charge in [-0.2, -0.15) is 0 Å². The van der Waals surface area contributed by atoms with Crippen LogP contribution in [-0.4, -0.2) is 51.4 Å². The summed E-state index contributed by atoms with van der Waals surface area (Å²) in [6, 6.07) is 10.9. The summed E-state index contributed by atoms with van der Waals surface area (Å²) in [5.41, 5.74) is 1.83. The van der Waals surface area contributed by atoms with E-state index in [-0.39, 0.29) is 16.7 Å². The highest BCUT2D eigenvalue weighted by Gasteiger charge is 2.23. The molecule has 3 rings (SSSR count). The highest BCUT2D eigenvalue weighted by Crippen LogP contribution is 2.22. The molecule has 0 bridgehead atoms. The minimum atomic E-state index is -3.92. The number of sulfonamides is 1. The number of rotatable bonds is 5. The maximum absolute atomic E-state index is 12.9. The second kappa shape index (κ2) is 8.62. The number of anilines is 2. The lowest BCUT2D eigenvalue weighted by Gasteiger charge is -2.27. The van der Waals surface area contributed by atoms with E-state index < -0.39 is 10.0 Å². The molecule has 0 radical (unpaired) electrons. The zero-order valence-corrected chi connectivity index (χ0v) is 17.1. The summed E-state index contributed by atoms with van der Waals surface area (Å²) in [6.07, 6.45) is 0. The number of hydrogen-bond acceptors (Lipinski definition) is 5. The van der Waals surface area contributed by atoms with Gasteiger partial charge in [0.05, 0.1) is 23.8 Å². The summed E-state index contributed by atoms with van der Waals surface area (Å²) < 4.78 is 33.5. The molecule has 9 heteroatoms. The molecular formula is C20H23N3O5S. The monoisotopic (exact) mass is 417 g/mol. The average molecular weight is 417 g/mol. The van der Waals surface area contributed by atoms with Crippen molar-refractivity contribution in [2.24, 2.45) is 0 Å². The Hall–Kier alpha value is -2.91. The van der Waals surface area contributed by atoms with Gasteiger partial charge in [0.25, 0.3) is 15.9 Å². The van der Waals surface area contributed by atoms with Crippen LogP contribution in [0.3, 0.4) is 0 Å². The van der Waals surface area contributed by atoms with Crippen molar-refractivity contribution in [1.29, 1.82) is 0 Å². The molecule has 0 atom stereocenters. The van der Waals surface area contributed by atoms with Crippen LogP contribution in [0.5, 0.6) is 0 Å². The molecule has 0 aliphatic carbocycles. The summed E-state index contributed by atoms with van der Waals surface area (Å²) in [6.45, 7) is 5.03. The number of benzene rings is 2. The number of hydrogen-bond donors (Lipinski definition) is 2. The fraction of sp³-hybridized carbons (Fsp3) is 0.300. The number of morpholine rings is 1. The third kappa shape index (κ3) is 5.12. The fourth-order valence-electron chi connectivity index (χ4n) is 3.01. The molecular weight excluding hydrogens is 394 g/mol. The second-order valence-corrected chi connectivity index (χ2v) is 8.43. The molecule has 1 aliphatic heterocycles. The van der Waals surface area contributed by atoms with E-state index in [1.54, 1.807) is 36.1 Å². The molecule has 1 saturated heterocycles. The Morgan fingerprint density at radius 1 is 1.03 bits per heavy atom. The van der Waals surface area contributed by atoms with Crippen molar-refractivity contribution in [3.05, 3.63) is 53.6 Å². The quantitative estimate of drug-likeness (QED) is 0.776. The van der Waals surface area contributed by atoms with Gasteiger partial charge in [-0.15, -0.1) is 0 Å². The second-order valence-electron chi connectivity index (χ2n) is 6.75. The molecule has 2 N–H and O–H groups in total. The fourth-order valence-corrected chi connectivity index (χ4v) is 4.09. The number of amides is 2. The van der Waals surface area contributed by atoms with Crippen molar-refractivity contribution in [3.63, 3.8) is 0 Å². The van der Waals surface area contributed by atoms with E-state index in [0.29, 0.717) is 48.8 Å². The molecule has 154 valence electrons. The van der Waals surface area contributed by atoms with Crippen LogP contribution in [0.4, 0.5) is 11.4 Å². The zero-order valence-electron chi connectivity index (χ0n) is 16.3. The Morgan fingerprint density at radius 3 is 2.41 bits per heavy atom. The van der Waals surface area contributed by atoms with Gasteiger partial charge < -0.3 is 15.0 Å². The lowest BCUT2D eigenvalue weighted by Crippen LogP contribution is -2.41. The Balaban J connectivity index is 1.85. The minimum Gasteiger partial charge on any atom is -0.378 e. The van der Waals surface area contributed by atoms with Crippen LogP contribution in [0.2, 0.25) is 0 Å². The Kier molecular flexibility index (Phi) is 6.19. The molecule has 0 aromatic heterocycles. The lowest BCUT2D eigenvalue weighted by atomic mass is 10.1. The molecule has 8 nitrogen and oxygen atoms in total. The van der Waals surface area contributed by atoms with Crippen LogP contribution < -0.4 is 10.0 Å². The number of nitrogens with zero attached hydrogens (tertiary/aromatic N) is 1. The molecule has 1 fully saturated rings. The van der Waals surface area contributed by atoms with Gasteiger partial charge in [0, 0.05) is 31.3 Å². The molecule has 2 aromatic rings. The van der Waals surface area contributed by atoms with Crippen LogP contribution in [0.1, 0.15) is 22.8 Å². The minimum absolute atomic E-state index is 0.00959. The molecule has 1 aliphatic rings. The van der Waals surface area contributed by atoms with Gasteiger partial charge >= 0.3 is 0 Å². The van der Waals surface area contributed by atoms with E-state index in [1.165, 1.54) is 25.1 Å². The van der Waals surface area contributed by atoms with Crippen molar-refractivity contribution in [1.82, 2.24) is 4.90 Å². The van der Waals surface area contributed by atoms with Crippen molar-refractivity contribution in [2.45, 2.75) is 18.7 Å². The first kappa shape index (κ1) is 20.8. The van der Waals surface area contributed by atoms with Gasteiger partial charge in [0.15, 0.2) is 0 Å². The van der Waals surface area contributed by atoms with E-state index >= 15 is 0 Å². The molecule has 0 spiro atoms. The van der Waals surface area contributed by atoms with Gasteiger partial charge in [-0.1, -0.05) is 12.1 Å². The lowest BCUT2D eigenvalue weighted by molar-refractivity contribution is -0.114. The Bertz CT molecular complexity index is 1030. The zero-order chi connectivity index (χ0) is 21.0. The van der Waals surface area contributed by atoms with Gasteiger partial charge in [-0.05, 0) is 42.8 Å². The number of carbonyl (C=O) groups is 2. The van der Waals surface area contributed by atoms with Crippen molar-refractivity contribution in [2.75, 3.05) is 36.3 Å². The number of carbonyl (C=O) groups excluding carboxylic acids is 2. The number of aryl methyl sites for hydroxylation is 1. The largest absolute Gasteiger partial charge is 0.378 e. The summed E-state index contributed by atoms with van der Waals surface area (Å²) in [7, 11) is -3.92. The molecule has 1 heterocycles. The van der Waals surface area contributed by atoms with E-state index in [1.807, 2.05) is 0 Å². The SMILES string of the molecule is CC(=O)Nc1cccc(NS(=O)(=O)c2ccc(C)c(C(=O)N3CCOCC3)c2)c1. The van der Waals surface area contributed by atoms with E-state index in [2.05, 4.69) is 10.0 Å². The van der Waals surface area contributed by atoms with E-state index in [0.717, 1.165) is 0 Å². The van der Waals surface area contributed by atoms with Crippen LogP contribution in [0, 0.1) is 6.92 Å².